The van der Waals surface area contributed by atoms with Crippen LogP contribution in [-0.2, 0) is 0 Å². The summed E-state index contributed by atoms with van der Waals surface area (Å²) in [6, 6.07) is 0. The van der Waals surface area contributed by atoms with Gasteiger partial charge in [0.25, 0.3) is 0 Å². The highest BCUT2D eigenvalue weighted by atomic mass is 16.3. The molecule has 0 aromatic rings. The molecular weight excluding hydrogens is 268 g/mol. The maximum atomic E-state index is 10.7. The first kappa shape index (κ1) is 15.5. The molecule has 7 atom stereocenters. The molecule has 0 bridgehead atoms. The number of aliphatic hydroxyl groups excluding tert-OH is 1. The van der Waals surface area contributed by atoms with Gasteiger partial charge in [0.2, 0.25) is 0 Å². The lowest BCUT2D eigenvalue weighted by molar-refractivity contribution is -0.189. The van der Waals surface area contributed by atoms with Gasteiger partial charge >= 0.3 is 0 Å². The molecule has 1 N–H and O–H groups in total. The molecule has 0 heterocycles. The smallest absolute Gasteiger partial charge is 0.0599 e. The first-order valence-electron chi connectivity index (χ1n) is 9.95. The molecule has 4 aliphatic rings. The van der Waals surface area contributed by atoms with Gasteiger partial charge in [0.15, 0.2) is 0 Å². The molecule has 0 radical (unpaired) electrons. The molecule has 4 saturated carbocycles. The molecule has 126 valence electrons. The molecule has 0 spiro atoms. The van der Waals surface area contributed by atoms with E-state index in [1.807, 2.05) is 0 Å². The van der Waals surface area contributed by atoms with Gasteiger partial charge in [-0.3, -0.25) is 0 Å². The molecule has 4 rings (SSSR count). The van der Waals surface area contributed by atoms with Crippen molar-refractivity contribution in [3.05, 3.63) is 0 Å². The van der Waals surface area contributed by atoms with E-state index in [0.717, 1.165) is 18.3 Å². The van der Waals surface area contributed by atoms with Gasteiger partial charge in [-0.1, -0.05) is 40.5 Å². The Morgan fingerprint density at radius 3 is 2.00 bits per heavy atom. The highest BCUT2D eigenvalue weighted by molar-refractivity contribution is 5.16. The van der Waals surface area contributed by atoms with Gasteiger partial charge in [-0.15, -0.1) is 0 Å². The van der Waals surface area contributed by atoms with E-state index in [-0.39, 0.29) is 11.5 Å². The Morgan fingerprint density at radius 1 is 0.636 bits per heavy atom. The fraction of sp³-hybridized carbons (Fsp3) is 1.00. The van der Waals surface area contributed by atoms with Crippen molar-refractivity contribution in [1.29, 1.82) is 0 Å². The second-order valence-electron chi connectivity index (χ2n) is 10.4. The summed E-state index contributed by atoms with van der Waals surface area (Å²) in [6.07, 6.45) is 13.6. The van der Waals surface area contributed by atoms with Gasteiger partial charge in [0, 0.05) is 0 Å². The molecule has 0 aromatic carbocycles. The third kappa shape index (κ3) is 1.60. The average molecular weight is 305 g/mol. The molecule has 0 saturated heterocycles. The third-order valence-corrected chi connectivity index (χ3v) is 10.1. The van der Waals surface area contributed by atoms with E-state index < -0.39 is 0 Å². The summed E-state index contributed by atoms with van der Waals surface area (Å²) in [5.41, 5.74) is 1.73. The van der Waals surface area contributed by atoms with E-state index in [9.17, 15) is 5.11 Å². The lowest BCUT2D eigenvalue weighted by Crippen LogP contribution is -2.60. The van der Waals surface area contributed by atoms with Gasteiger partial charge in [-0.25, -0.2) is 0 Å². The lowest BCUT2D eigenvalue weighted by Gasteiger charge is -2.67. The summed E-state index contributed by atoms with van der Waals surface area (Å²) in [7, 11) is 0. The number of aliphatic hydroxyl groups is 1. The van der Waals surface area contributed by atoms with Crippen molar-refractivity contribution < 1.29 is 5.11 Å². The highest BCUT2D eigenvalue weighted by Crippen LogP contribution is 2.73. The van der Waals surface area contributed by atoms with E-state index in [1.54, 1.807) is 0 Å². The number of hydrogen-bond donors (Lipinski definition) is 1. The van der Waals surface area contributed by atoms with Crippen LogP contribution < -0.4 is 0 Å². The molecule has 4 fully saturated rings. The van der Waals surface area contributed by atoms with Crippen LogP contribution in [0.25, 0.3) is 0 Å². The molecule has 0 amide bonds. The first-order chi connectivity index (χ1) is 10.3. The van der Waals surface area contributed by atoms with Crippen molar-refractivity contribution >= 4 is 0 Å². The van der Waals surface area contributed by atoms with E-state index in [0.29, 0.717) is 16.2 Å². The van der Waals surface area contributed by atoms with Crippen LogP contribution in [0.1, 0.15) is 91.9 Å². The molecule has 0 aliphatic heterocycles. The Kier molecular flexibility index (Phi) is 3.18. The fourth-order valence-electron chi connectivity index (χ4n) is 7.98. The number of rotatable bonds is 0. The van der Waals surface area contributed by atoms with Crippen LogP contribution in [0.15, 0.2) is 0 Å². The predicted octanol–water partition coefficient (Wildman–Crippen LogP) is 5.56. The zero-order valence-corrected chi connectivity index (χ0v) is 15.3. The minimum Gasteiger partial charge on any atom is -0.393 e. The van der Waals surface area contributed by atoms with Crippen molar-refractivity contribution in [3.63, 3.8) is 0 Å². The average Bonchev–Trinajstić information content (AvgIpc) is 2.72. The Labute approximate surface area is 137 Å². The zero-order valence-electron chi connectivity index (χ0n) is 15.3. The minimum atomic E-state index is -0.0501. The zero-order chi connectivity index (χ0) is 15.8. The maximum absolute atomic E-state index is 10.7. The van der Waals surface area contributed by atoms with Crippen LogP contribution in [-0.4, -0.2) is 11.2 Å². The summed E-state index contributed by atoms with van der Waals surface area (Å²) in [6.45, 7) is 10.2. The van der Waals surface area contributed by atoms with Crippen molar-refractivity contribution in [1.82, 2.24) is 0 Å². The summed E-state index contributed by atoms with van der Waals surface area (Å²) in [5, 5.41) is 10.7. The normalized spacial score (nSPS) is 61.2. The van der Waals surface area contributed by atoms with E-state index in [2.05, 4.69) is 27.7 Å². The van der Waals surface area contributed by atoms with Crippen LogP contribution in [0.2, 0.25) is 0 Å². The summed E-state index contributed by atoms with van der Waals surface area (Å²) in [4.78, 5) is 0. The second kappa shape index (κ2) is 4.52. The van der Waals surface area contributed by atoms with Crippen molar-refractivity contribution in [3.8, 4) is 0 Å². The maximum Gasteiger partial charge on any atom is 0.0599 e. The molecule has 7 unspecified atom stereocenters. The van der Waals surface area contributed by atoms with Crippen LogP contribution in [0.5, 0.6) is 0 Å². The number of fused-ring (bicyclic) bond motifs is 5. The van der Waals surface area contributed by atoms with Crippen LogP contribution in [0.3, 0.4) is 0 Å². The van der Waals surface area contributed by atoms with Crippen LogP contribution >= 0.6 is 0 Å². The standard InChI is InChI=1S/C21H36O/c1-18-10-5-6-11-19(18,2)15-8-13-21(4)17(22)9-14-20(21,3)16(15)7-12-18/h15-17,22H,5-14H2,1-4H3. The van der Waals surface area contributed by atoms with Gasteiger partial charge < -0.3 is 5.11 Å². The topological polar surface area (TPSA) is 20.2 Å². The SMILES string of the molecule is CC12CCCCC1(C)C1CCC3(C)C(O)CCC3(C)C1CC2. The second-order valence-corrected chi connectivity index (χ2v) is 10.4. The summed E-state index contributed by atoms with van der Waals surface area (Å²) in [5.74, 6) is 1.77. The first-order valence-corrected chi connectivity index (χ1v) is 9.95. The Balaban J connectivity index is 1.74. The molecule has 1 heteroatoms. The largest absolute Gasteiger partial charge is 0.393 e. The number of hydrogen-bond acceptors (Lipinski definition) is 1. The van der Waals surface area contributed by atoms with Crippen molar-refractivity contribution in [2.75, 3.05) is 0 Å². The van der Waals surface area contributed by atoms with Gasteiger partial charge in [-0.2, -0.15) is 0 Å². The Bertz CT molecular complexity index is 465. The van der Waals surface area contributed by atoms with E-state index in [4.69, 9.17) is 0 Å². The highest BCUT2D eigenvalue weighted by Gasteiger charge is 2.66. The van der Waals surface area contributed by atoms with Crippen LogP contribution in [0, 0.1) is 33.5 Å². The van der Waals surface area contributed by atoms with E-state index in [1.165, 1.54) is 57.8 Å². The molecular formula is C21H36O. The van der Waals surface area contributed by atoms with Crippen molar-refractivity contribution in [2.24, 2.45) is 33.5 Å². The molecule has 1 nitrogen and oxygen atoms in total. The minimum absolute atomic E-state index is 0.0501. The molecule has 0 aromatic heterocycles. The van der Waals surface area contributed by atoms with Crippen LogP contribution in [0.4, 0.5) is 0 Å². The predicted molar refractivity (Wildman–Crippen MR) is 91.6 cm³/mol. The van der Waals surface area contributed by atoms with E-state index >= 15 is 0 Å². The Hall–Kier alpha value is -0.0400. The van der Waals surface area contributed by atoms with Crippen molar-refractivity contribution in [2.45, 2.75) is 98.0 Å². The molecule has 22 heavy (non-hydrogen) atoms. The summed E-state index contributed by atoms with van der Waals surface area (Å²) >= 11 is 0. The fourth-order valence-corrected chi connectivity index (χ4v) is 7.98. The Morgan fingerprint density at radius 2 is 1.23 bits per heavy atom. The van der Waals surface area contributed by atoms with Gasteiger partial charge in [0.05, 0.1) is 6.10 Å². The third-order valence-electron chi connectivity index (χ3n) is 10.1. The van der Waals surface area contributed by atoms with Gasteiger partial charge in [0.1, 0.15) is 0 Å². The molecule has 4 aliphatic carbocycles. The quantitative estimate of drug-likeness (QED) is 0.621. The monoisotopic (exact) mass is 304 g/mol. The summed E-state index contributed by atoms with van der Waals surface area (Å²) < 4.78 is 0. The van der Waals surface area contributed by atoms with Gasteiger partial charge in [-0.05, 0) is 84.9 Å². The lowest BCUT2D eigenvalue weighted by atomic mass is 9.38.